The molecule has 3 aromatic heterocycles. The van der Waals surface area contributed by atoms with Crippen molar-refractivity contribution in [2.75, 3.05) is 0 Å². The summed E-state index contributed by atoms with van der Waals surface area (Å²) in [5, 5.41) is 7.74. The lowest BCUT2D eigenvalue weighted by atomic mass is 10.00. The fraction of sp³-hybridized carbons (Fsp3) is 0. The van der Waals surface area contributed by atoms with Crippen LogP contribution in [-0.4, -0.2) is 9.13 Å². The van der Waals surface area contributed by atoms with Crippen LogP contribution in [0.15, 0.2) is 231 Å². The molecule has 0 aliphatic heterocycles. The maximum absolute atomic E-state index is 2.43. The highest BCUT2D eigenvalue weighted by atomic mass is 32.1. The van der Waals surface area contributed by atoms with Gasteiger partial charge < -0.3 is 9.13 Å². The number of nitrogens with zero attached hydrogens (tertiary/aromatic N) is 2. The van der Waals surface area contributed by atoms with Crippen molar-refractivity contribution >= 4 is 75.1 Å². The molecule has 294 valence electrons. The van der Waals surface area contributed by atoms with Crippen LogP contribution in [0.25, 0.3) is 120 Å². The smallest absolute Gasteiger partial charge is 0.0555 e. The second-order valence-electron chi connectivity index (χ2n) is 16.5. The van der Waals surface area contributed by atoms with Gasteiger partial charge in [-0.1, -0.05) is 170 Å². The van der Waals surface area contributed by atoms with Crippen molar-refractivity contribution in [2.45, 2.75) is 0 Å². The van der Waals surface area contributed by atoms with Crippen LogP contribution in [0.5, 0.6) is 0 Å². The lowest BCUT2D eigenvalue weighted by Crippen LogP contribution is -1.94. The first-order valence-electron chi connectivity index (χ1n) is 21.6. The van der Waals surface area contributed by atoms with E-state index in [1.165, 1.54) is 108 Å². The number of aromatic nitrogens is 2. The highest BCUT2D eigenvalue weighted by Crippen LogP contribution is 2.42. The summed E-state index contributed by atoms with van der Waals surface area (Å²) in [5.74, 6) is 0. The summed E-state index contributed by atoms with van der Waals surface area (Å²) in [6.45, 7) is 0. The third-order valence-corrected chi connectivity index (χ3v) is 14.1. The standard InChI is InChI=1S/C60H38N2S/c1-3-11-39(12-4-1)45-27-33-50-51-34-28-46(40-13-5-2-6-14-40)36-57(51)62(56(50)35-45)48-31-25-44(26-32-48)42-21-19-41(20-22-42)43-23-29-47(30-24-43)61-55-17-9-7-15-49(55)53-37-54-52-16-8-10-18-59(52)63-60(54)38-58(53)61/h1-38H. The zero-order valence-electron chi connectivity index (χ0n) is 34.2. The second-order valence-corrected chi connectivity index (χ2v) is 17.6. The fourth-order valence-electron chi connectivity index (χ4n) is 9.84. The summed E-state index contributed by atoms with van der Waals surface area (Å²) in [5.41, 5.74) is 16.8. The first-order valence-corrected chi connectivity index (χ1v) is 22.4. The van der Waals surface area contributed by atoms with E-state index in [-0.39, 0.29) is 0 Å². The molecular formula is C60H38N2S. The third kappa shape index (κ3) is 5.85. The number of thiophene rings is 1. The van der Waals surface area contributed by atoms with Crippen LogP contribution in [-0.2, 0) is 0 Å². The molecule has 0 fully saturated rings. The Balaban J connectivity index is 0.836. The second kappa shape index (κ2) is 14.3. The van der Waals surface area contributed by atoms with Crippen LogP contribution in [0, 0.1) is 0 Å². The Morgan fingerprint density at radius 2 is 0.619 bits per heavy atom. The van der Waals surface area contributed by atoms with Crippen LogP contribution in [0.4, 0.5) is 0 Å². The summed E-state index contributed by atoms with van der Waals surface area (Å²) in [6.07, 6.45) is 0. The topological polar surface area (TPSA) is 9.86 Å². The van der Waals surface area contributed by atoms with Crippen LogP contribution < -0.4 is 0 Å². The van der Waals surface area contributed by atoms with E-state index < -0.39 is 0 Å². The molecule has 0 aliphatic rings. The summed E-state index contributed by atoms with van der Waals surface area (Å²) < 4.78 is 7.51. The Labute approximate surface area is 368 Å². The average Bonchev–Trinajstić information content (AvgIpc) is 4.00. The van der Waals surface area contributed by atoms with Crippen molar-refractivity contribution in [2.24, 2.45) is 0 Å². The summed E-state index contributed by atoms with van der Waals surface area (Å²) in [4.78, 5) is 0. The number of fused-ring (bicyclic) bond motifs is 9. The monoisotopic (exact) mass is 818 g/mol. The number of benzene rings is 10. The van der Waals surface area contributed by atoms with E-state index in [9.17, 15) is 0 Å². The Morgan fingerprint density at radius 3 is 1.17 bits per heavy atom. The van der Waals surface area contributed by atoms with E-state index in [1.807, 2.05) is 11.3 Å². The van der Waals surface area contributed by atoms with E-state index in [4.69, 9.17) is 0 Å². The van der Waals surface area contributed by atoms with Crippen LogP contribution in [0.1, 0.15) is 0 Å². The summed E-state index contributed by atoms with van der Waals surface area (Å²) in [6, 6.07) is 84.6. The normalized spacial score (nSPS) is 11.8. The molecule has 0 aliphatic carbocycles. The van der Waals surface area contributed by atoms with E-state index >= 15 is 0 Å². The van der Waals surface area contributed by atoms with Gasteiger partial charge in [-0.25, -0.2) is 0 Å². The van der Waals surface area contributed by atoms with E-state index in [0.29, 0.717) is 0 Å². The highest BCUT2D eigenvalue weighted by Gasteiger charge is 2.17. The maximum Gasteiger partial charge on any atom is 0.0555 e. The Bertz CT molecular complexity index is 3760. The van der Waals surface area contributed by atoms with Gasteiger partial charge in [0.2, 0.25) is 0 Å². The van der Waals surface area contributed by atoms with Crippen molar-refractivity contribution in [3.05, 3.63) is 231 Å². The van der Waals surface area contributed by atoms with Gasteiger partial charge >= 0.3 is 0 Å². The van der Waals surface area contributed by atoms with Crippen molar-refractivity contribution in [3.8, 4) is 55.9 Å². The quantitative estimate of drug-likeness (QED) is 0.158. The predicted molar refractivity (Wildman–Crippen MR) is 270 cm³/mol. The average molecular weight is 819 g/mol. The Hall–Kier alpha value is -7.98. The fourth-order valence-corrected chi connectivity index (χ4v) is 11.0. The number of hydrogen-bond acceptors (Lipinski definition) is 1. The van der Waals surface area contributed by atoms with Crippen LogP contribution in [0.3, 0.4) is 0 Å². The minimum absolute atomic E-state index is 1.14. The molecule has 63 heavy (non-hydrogen) atoms. The lowest BCUT2D eigenvalue weighted by molar-refractivity contribution is 1.18. The molecule has 0 saturated heterocycles. The molecule has 0 unspecified atom stereocenters. The summed E-state index contributed by atoms with van der Waals surface area (Å²) >= 11 is 1.87. The van der Waals surface area contributed by atoms with Gasteiger partial charge in [0.25, 0.3) is 0 Å². The molecule has 0 saturated carbocycles. The van der Waals surface area contributed by atoms with Gasteiger partial charge in [0, 0.05) is 53.1 Å². The van der Waals surface area contributed by atoms with Crippen LogP contribution in [0.2, 0.25) is 0 Å². The summed E-state index contributed by atoms with van der Waals surface area (Å²) in [7, 11) is 0. The van der Waals surface area contributed by atoms with Crippen molar-refractivity contribution in [3.63, 3.8) is 0 Å². The lowest BCUT2D eigenvalue weighted by Gasteiger charge is -2.12. The molecule has 2 nitrogen and oxygen atoms in total. The molecule has 0 amide bonds. The SMILES string of the molecule is c1ccc(-c2ccc3c4ccc(-c5ccccc5)cc4n(-c4ccc(-c5ccc(-c6ccc(-n7c8ccccc8c8cc9c(cc87)sc7ccccc79)cc6)cc5)cc4)c3c2)cc1. The molecular weight excluding hydrogens is 781 g/mol. The number of rotatable bonds is 6. The first-order chi connectivity index (χ1) is 31.2. The highest BCUT2D eigenvalue weighted by molar-refractivity contribution is 7.25. The molecule has 3 heterocycles. The molecule has 13 aromatic rings. The minimum Gasteiger partial charge on any atom is -0.309 e. The first kappa shape index (κ1) is 35.7. The molecule has 10 aromatic carbocycles. The van der Waals surface area contributed by atoms with Gasteiger partial charge in [0.05, 0.1) is 22.1 Å². The molecule has 0 radical (unpaired) electrons. The largest absolute Gasteiger partial charge is 0.309 e. The minimum atomic E-state index is 1.14. The van der Waals surface area contributed by atoms with Gasteiger partial charge in [-0.3, -0.25) is 0 Å². The molecule has 3 heteroatoms. The van der Waals surface area contributed by atoms with Crippen molar-refractivity contribution in [1.29, 1.82) is 0 Å². The Morgan fingerprint density at radius 1 is 0.222 bits per heavy atom. The van der Waals surface area contributed by atoms with Gasteiger partial charge in [-0.15, -0.1) is 11.3 Å². The van der Waals surface area contributed by atoms with E-state index in [0.717, 1.165) is 11.4 Å². The van der Waals surface area contributed by atoms with Crippen LogP contribution >= 0.6 is 11.3 Å². The zero-order valence-corrected chi connectivity index (χ0v) is 35.1. The van der Waals surface area contributed by atoms with Crippen molar-refractivity contribution in [1.82, 2.24) is 9.13 Å². The zero-order chi connectivity index (χ0) is 41.4. The van der Waals surface area contributed by atoms with Gasteiger partial charge in [-0.2, -0.15) is 0 Å². The van der Waals surface area contributed by atoms with E-state index in [2.05, 4.69) is 240 Å². The number of para-hydroxylation sites is 1. The van der Waals surface area contributed by atoms with Gasteiger partial charge in [-0.05, 0) is 105 Å². The molecule has 0 N–H and O–H groups in total. The van der Waals surface area contributed by atoms with Crippen molar-refractivity contribution < 1.29 is 0 Å². The van der Waals surface area contributed by atoms with Gasteiger partial charge in [0.1, 0.15) is 0 Å². The predicted octanol–water partition coefficient (Wildman–Crippen LogP) is 16.9. The third-order valence-electron chi connectivity index (χ3n) is 13.0. The Kier molecular flexibility index (Phi) is 8.12. The molecule has 0 bridgehead atoms. The maximum atomic E-state index is 2.43. The van der Waals surface area contributed by atoms with Gasteiger partial charge in [0.15, 0.2) is 0 Å². The molecule has 0 atom stereocenters. The molecule has 13 rings (SSSR count). The van der Waals surface area contributed by atoms with E-state index in [1.54, 1.807) is 0 Å². The number of hydrogen-bond donors (Lipinski definition) is 0. The molecule has 0 spiro atoms.